The normalized spacial score (nSPS) is 22.6. The maximum atomic E-state index is 11.7. The van der Waals surface area contributed by atoms with Crippen molar-refractivity contribution in [3.05, 3.63) is 16.7 Å². The second-order valence-electron chi connectivity index (χ2n) is 5.58. The van der Waals surface area contributed by atoms with Crippen molar-refractivity contribution in [2.75, 3.05) is 30.3 Å². The molecule has 6 heteroatoms. The van der Waals surface area contributed by atoms with Gasteiger partial charge >= 0.3 is 0 Å². The number of hydrogen-bond donors (Lipinski definition) is 3. The van der Waals surface area contributed by atoms with Gasteiger partial charge in [-0.15, -0.1) is 0 Å². The highest BCUT2D eigenvalue weighted by molar-refractivity contribution is 5.62. The molecule has 0 amide bonds. The van der Waals surface area contributed by atoms with Crippen LogP contribution in [0, 0.1) is 0 Å². The topological polar surface area (TPSA) is 87.0 Å². The molecule has 1 saturated carbocycles. The standard InChI is InChI=1S/C13H21N5O/c14-10-11(16-9-17-12(10)19)18-7-6-15-8-13(18)4-2-1-3-5-13/h9,15H,1-8,14H2,(H,16,17,19). The zero-order chi connectivity index (χ0) is 13.3. The number of anilines is 2. The average molecular weight is 263 g/mol. The van der Waals surface area contributed by atoms with E-state index in [1.807, 2.05) is 0 Å². The number of hydrogen-bond acceptors (Lipinski definition) is 5. The summed E-state index contributed by atoms with van der Waals surface area (Å²) in [5.41, 5.74) is 6.03. The molecule has 1 spiro atoms. The van der Waals surface area contributed by atoms with Crippen molar-refractivity contribution in [3.63, 3.8) is 0 Å². The smallest absolute Gasteiger partial charge is 0.276 e. The Morgan fingerprint density at radius 1 is 1.32 bits per heavy atom. The van der Waals surface area contributed by atoms with Gasteiger partial charge in [-0.1, -0.05) is 19.3 Å². The van der Waals surface area contributed by atoms with Gasteiger partial charge in [0.25, 0.3) is 5.56 Å². The maximum absolute atomic E-state index is 11.7. The summed E-state index contributed by atoms with van der Waals surface area (Å²) in [6.07, 6.45) is 7.52. The summed E-state index contributed by atoms with van der Waals surface area (Å²) in [6, 6.07) is 0. The summed E-state index contributed by atoms with van der Waals surface area (Å²) < 4.78 is 0. The van der Waals surface area contributed by atoms with Crippen LogP contribution in [-0.2, 0) is 0 Å². The van der Waals surface area contributed by atoms with Gasteiger partial charge in [-0.25, -0.2) is 4.98 Å². The number of piperazine rings is 1. The van der Waals surface area contributed by atoms with Crippen molar-refractivity contribution < 1.29 is 0 Å². The minimum atomic E-state index is -0.241. The Balaban J connectivity index is 2.00. The van der Waals surface area contributed by atoms with E-state index in [9.17, 15) is 4.79 Å². The lowest BCUT2D eigenvalue weighted by Crippen LogP contribution is -2.62. The molecule has 0 unspecified atom stereocenters. The van der Waals surface area contributed by atoms with Crippen LogP contribution in [0.25, 0.3) is 0 Å². The molecule has 2 heterocycles. The van der Waals surface area contributed by atoms with Crippen LogP contribution >= 0.6 is 0 Å². The third-order valence-electron chi connectivity index (χ3n) is 4.45. The Morgan fingerprint density at radius 3 is 2.89 bits per heavy atom. The molecule has 19 heavy (non-hydrogen) atoms. The van der Waals surface area contributed by atoms with Gasteiger partial charge in [-0.05, 0) is 12.8 Å². The van der Waals surface area contributed by atoms with E-state index < -0.39 is 0 Å². The number of nitrogens with one attached hydrogen (secondary N) is 2. The van der Waals surface area contributed by atoms with Gasteiger partial charge in [0.15, 0.2) is 5.82 Å². The molecule has 2 fully saturated rings. The van der Waals surface area contributed by atoms with Crippen LogP contribution < -0.4 is 21.5 Å². The van der Waals surface area contributed by atoms with E-state index >= 15 is 0 Å². The second-order valence-corrected chi connectivity index (χ2v) is 5.58. The van der Waals surface area contributed by atoms with Gasteiger partial charge in [0.1, 0.15) is 5.69 Å². The van der Waals surface area contributed by atoms with E-state index in [0.717, 1.165) is 32.5 Å². The number of nitrogens with zero attached hydrogens (tertiary/aromatic N) is 2. The van der Waals surface area contributed by atoms with E-state index in [2.05, 4.69) is 20.2 Å². The fourth-order valence-electron chi connectivity index (χ4n) is 3.45. The summed E-state index contributed by atoms with van der Waals surface area (Å²) in [6.45, 7) is 2.73. The number of nitrogen functional groups attached to an aromatic ring is 1. The lowest BCUT2D eigenvalue weighted by Gasteiger charge is -2.50. The van der Waals surface area contributed by atoms with Gasteiger partial charge in [0, 0.05) is 19.6 Å². The number of nitrogens with two attached hydrogens (primary N) is 1. The maximum Gasteiger partial charge on any atom is 0.276 e. The van der Waals surface area contributed by atoms with Gasteiger partial charge in [0.05, 0.1) is 11.9 Å². The van der Waals surface area contributed by atoms with Crippen LogP contribution in [-0.4, -0.2) is 35.1 Å². The Hall–Kier alpha value is -1.56. The predicted octanol–water partition coefficient (Wildman–Crippen LogP) is 0.465. The highest BCUT2D eigenvalue weighted by Gasteiger charge is 2.41. The third-order valence-corrected chi connectivity index (χ3v) is 4.45. The van der Waals surface area contributed by atoms with E-state index in [-0.39, 0.29) is 16.8 Å². The highest BCUT2D eigenvalue weighted by Crippen LogP contribution is 2.37. The molecule has 104 valence electrons. The SMILES string of the molecule is Nc1c(N2CCNCC23CCCCC3)nc[nH]c1=O. The molecular weight excluding hydrogens is 242 g/mol. The highest BCUT2D eigenvalue weighted by atomic mass is 16.1. The molecule has 0 radical (unpaired) electrons. The first-order chi connectivity index (χ1) is 9.23. The molecule has 1 aliphatic carbocycles. The first-order valence-corrected chi connectivity index (χ1v) is 7.04. The Morgan fingerprint density at radius 2 is 2.11 bits per heavy atom. The predicted molar refractivity (Wildman–Crippen MR) is 75.3 cm³/mol. The summed E-state index contributed by atoms with van der Waals surface area (Å²) in [5.74, 6) is 0.659. The molecule has 0 aromatic carbocycles. The monoisotopic (exact) mass is 263 g/mol. The second kappa shape index (κ2) is 4.85. The summed E-state index contributed by atoms with van der Waals surface area (Å²) >= 11 is 0. The first kappa shape index (κ1) is 12.5. The number of aromatic amines is 1. The molecule has 4 N–H and O–H groups in total. The molecule has 3 rings (SSSR count). The van der Waals surface area contributed by atoms with E-state index in [1.165, 1.54) is 25.6 Å². The fourth-order valence-corrected chi connectivity index (χ4v) is 3.45. The molecule has 6 nitrogen and oxygen atoms in total. The molecule has 1 aromatic rings. The largest absolute Gasteiger partial charge is 0.391 e. The number of rotatable bonds is 1. The summed E-state index contributed by atoms with van der Waals surface area (Å²) in [5, 5.41) is 3.48. The van der Waals surface area contributed by atoms with Crippen molar-refractivity contribution in [3.8, 4) is 0 Å². The van der Waals surface area contributed by atoms with Crippen LogP contribution in [0.2, 0.25) is 0 Å². The van der Waals surface area contributed by atoms with Crippen LogP contribution in [0.5, 0.6) is 0 Å². The van der Waals surface area contributed by atoms with E-state index in [0.29, 0.717) is 5.82 Å². The molecular formula is C13H21N5O. The lowest BCUT2D eigenvalue weighted by atomic mass is 9.79. The minimum absolute atomic E-state index is 0.0887. The van der Waals surface area contributed by atoms with E-state index in [1.54, 1.807) is 0 Å². The van der Waals surface area contributed by atoms with Crippen molar-refractivity contribution in [1.29, 1.82) is 0 Å². The van der Waals surface area contributed by atoms with Crippen molar-refractivity contribution >= 4 is 11.5 Å². The van der Waals surface area contributed by atoms with Gasteiger partial charge < -0.3 is 20.9 Å². The van der Waals surface area contributed by atoms with Crippen LogP contribution in [0.15, 0.2) is 11.1 Å². The van der Waals surface area contributed by atoms with Gasteiger partial charge in [-0.2, -0.15) is 0 Å². The Kier molecular flexibility index (Phi) is 3.18. The molecule has 1 saturated heterocycles. The molecule has 1 aromatic heterocycles. The zero-order valence-electron chi connectivity index (χ0n) is 11.1. The molecule has 2 aliphatic rings. The number of aromatic nitrogens is 2. The van der Waals surface area contributed by atoms with Crippen LogP contribution in [0.3, 0.4) is 0 Å². The van der Waals surface area contributed by atoms with Crippen molar-refractivity contribution in [2.45, 2.75) is 37.6 Å². The number of H-pyrrole nitrogens is 1. The first-order valence-electron chi connectivity index (χ1n) is 7.04. The fraction of sp³-hybridized carbons (Fsp3) is 0.692. The summed E-state index contributed by atoms with van der Waals surface area (Å²) in [7, 11) is 0. The van der Waals surface area contributed by atoms with Crippen LogP contribution in [0.4, 0.5) is 11.5 Å². The van der Waals surface area contributed by atoms with Crippen molar-refractivity contribution in [1.82, 2.24) is 15.3 Å². The average Bonchev–Trinajstić information content (AvgIpc) is 2.44. The summed E-state index contributed by atoms with van der Waals surface area (Å²) in [4.78, 5) is 20.8. The van der Waals surface area contributed by atoms with Crippen molar-refractivity contribution in [2.24, 2.45) is 0 Å². The molecule has 0 atom stereocenters. The van der Waals surface area contributed by atoms with Crippen LogP contribution in [0.1, 0.15) is 32.1 Å². The van der Waals surface area contributed by atoms with E-state index in [4.69, 9.17) is 5.73 Å². The van der Waals surface area contributed by atoms with Gasteiger partial charge in [-0.3, -0.25) is 4.79 Å². The molecule has 1 aliphatic heterocycles. The lowest BCUT2D eigenvalue weighted by molar-refractivity contribution is 0.240. The Bertz CT molecular complexity index is 498. The molecule has 0 bridgehead atoms. The zero-order valence-corrected chi connectivity index (χ0v) is 11.1. The van der Waals surface area contributed by atoms with Gasteiger partial charge in [0.2, 0.25) is 0 Å². The Labute approximate surface area is 112 Å². The third kappa shape index (κ3) is 2.10. The quantitative estimate of drug-likeness (QED) is 0.685. The minimum Gasteiger partial charge on any atom is -0.391 e.